The molecule has 2 aliphatic rings. The lowest BCUT2D eigenvalue weighted by Crippen LogP contribution is -2.33. The van der Waals surface area contributed by atoms with Gasteiger partial charge in [0, 0.05) is 29.8 Å². The van der Waals surface area contributed by atoms with Crippen LogP contribution in [0.2, 0.25) is 0 Å². The lowest BCUT2D eigenvalue weighted by atomic mass is 9.94. The first-order valence-electron chi connectivity index (χ1n) is 7.99. The Morgan fingerprint density at radius 2 is 1.57 bits per heavy atom. The fourth-order valence-corrected chi connectivity index (χ4v) is 3.19. The van der Waals surface area contributed by atoms with Gasteiger partial charge in [-0.05, 0) is 6.07 Å². The van der Waals surface area contributed by atoms with E-state index in [0.29, 0.717) is 0 Å². The summed E-state index contributed by atoms with van der Waals surface area (Å²) >= 11 is 0. The predicted octanol–water partition coefficient (Wildman–Crippen LogP) is 1.80. The van der Waals surface area contributed by atoms with Crippen molar-refractivity contribution < 1.29 is 24.3 Å². The number of rotatable bonds is 4. The standard InChI is InChI=1S/C17H10N4O7/c22-16-13-14(9-3-1-5-11(7-9)20(24)25)18-28-15(13)17(23)19(16)10-4-2-6-12(8-10)21(26)27/h1-8,13,15H. The van der Waals surface area contributed by atoms with Crippen LogP contribution in [-0.4, -0.2) is 33.5 Å². The molecule has 0 radical (unpaired) electrons. The zero-order valence-electron chi connectivity index (χ0n) is 13.9. The number of amides is 2. The van der Waals surface area contributed by atoms with Crippen LogP contribution in [0.1, 0.15) is 5.56 Å². The molecule has 0 N–H and O–H groups in total. The average Bonchev–Trinajstić information content (AvgIpc) is 3.22. The lowest BCUT2D eigenvalue weighted by molar-refractivity contribution is -0.385. The molecule has 0 saturated carbocycles. The molecule has 4 rings (SSSR count). The second-order valence-electron chi connectivity index (χ2n) is 6.08. The molecule has 1 saturated heterocycles. The third kappa shape index (κ3) is 2.57. The number of carbonyl (C=O) groups is 2. The SMILES string of the molecule is O=C1C2ON=C(c3cccc([N+](=O)[O-])c3)C2C(=O)N1c1cccc([N+](=O)[O-])c1. The molecule has 2 aromatic carbocycles. The number of benzene rings is 2. The second-order valence-corrected chi connectivity index (χ2v) is 6.08. The van der Waals surface area contributed by atoms with Gasteiger partial charge in [0.1, 0.15) is 11.6 Å². The quantitative estimate of drug-likeness (QED) is 0.445. The highest BCUT2D eigenvalue weighted by Crippen LogP contribution is 2.36. The first-order chi connectivity index (χ1) is 13.4. The number of nitro groups is 2. The van der Waals surface area contributed by atoms with Gasteiger partial charge in [-0.3, -0.25) is 29.8 Å². The van der Waals surface area contributed by atoms with Crippen molar-refractivity contribution >= 4 is 34.6 Å². The molecule has 2 unspecified atom stereocenters. The number of non-ortho nitro benzene ring substituents is 2. The highest BCUT2D eigenvalue weighted by Gasteiger charge is 2.56. The Labute approximate surface area is 156 Å². The number of imide groups is 1. The topological polar surface area (TPSA) is 145 Å². The van der Waals surface area contributed by atoms with Crippen molar-refractivity contribution in [2.24, 2.45) is 11.1 Å². The maximum Gasteiger partial charge on any atom is 0.278 e. The molecular weight excluding hydrogens is 372 g/mol. The Bertz CT molecular complexity index is 1080. The van der Waals surface area contributed by atoms with E-state index in [9.17, 15) is 29.8 Å². The maximum absolute atomic E-state index is 12.9. The summed E-state index contributed by atoms with van der Waals surface area (Å²) in [4.78, 5) is 52.3. The third-order valence-electron chi connectivity index (χ3n) is 4.46. The minimum Gasteiger partial charge on any atom is -0.381 e. The van der Waals surface area contributed by atoms with Gasteiger partial charge in [0.15, 0.2) is 0 Å². The van der Waals surface area contributed by atoms with E-state index in [1.165, 1.54) is 42.5 Å². The van der Waals surface area contributed by atoms with Crippen LogP contribution in [0.5, 0.6) is 0 Å². The molecule has 0 spiro atoms. The van der Waals surface area contributed by atoms with Crippen molar-refractivity contribution in [2.75, 3.05) is 4.90 Å². The van der Waals surface area contributed by atoms with E-state index in [-0.39, 0.29) is 28.3 Å². The van der Waals surface area contributed by atoms with E-state index in [1.54, 1.807) is 0 Å². The van der Waals surface area contributed by atoms with E-state index < -0.39 is 33.7 Å². The smallest absolute Gasteiger partial charge is 0.278 e. The Morgan fingerprint density at radius 3 is 2.25 bits per heavy atom. The summed E-state index contributed by atoms with van der Waals surface area (Å²) in [6, 6.07) is 10.6. The highest BCUT2D eigenvalue weighted by molar-refractivity contribution is 6.32. The highest BCUT2D eigenvalue weighted by atomic mass is 16.7. The molecule has 11 nitrogen and oxygen atoms in total. The van der Waals surface area contributed by atoms with Crippen LogP contribution < -0.4 is 4.90 Å². The number of oxime groups is 1. The van der Waals surface area contributed by atoms with E-state index in [1.807, 2.05) is 0 Å². The Morgan fingerprint density at radius 1 is 0.929 bits per heavy atom. The van der Waals surface area contributed by atoms with Crippen LogP contribution in [0.15, 0.2) is 53.7 Å². The minimum absolute atomic E-state index is 0.0422. The molecule has 11 heteroatoms. The first kappa shape index (κ1) is 17.3. The zero-order chi connectivity index (χ0) is 20.0. The van der Waals surface area contributed by atoms with Crippen molar-refractivity contribution in [1.29, 1.82) is 0 Å². The Hall–Kier alpha value is -4.15. The van der Waals surface area contributed by atoms with Gasteiger partial charge in [0.05, 0.1) is 15.5 Å². The molecule has 2 atom stereocenters. The van der Waals surface area contributed by atoms with Gasteiger partial charge in [-0.15, -0.1) is 0 Å². The monoisotopic (exact) mass is 382 g/mol. The number of fused-ring (bicyclic) bond motifs is 1. The lowest BCUT2D eigenvalue weighted by Gasteiger charge is -2.15. The van der Waals surface area contributed by atoms with Crippen LogP contribution in [0.4, 0.5) is 17.1 Å². The van der Waals surface area contributed by atoms with Gasteiger partial charge in [-0.2, -0.15) is 0 Å². The van der Waals surface area contributed by atoms with Gasteiger partial charge in [-0.25, -0.2) is 4.90 Å². The number of nitrogens with zero attached hydrogens (tertiary/aromatic N) is 4. The molecule has 1 fully saturated rings. The summed E-state index contributed by atoms with van der Waals surface area (Å²) in [7, 11) is 0. The van der Waals surface area contributed by atoms with E-state index >= 15 is 0 Å². The summed E-state index contributed by atoms with van der Waals surface area (Å²) in [6.07, 6.45) is -1.22. The summed E-state index contributed by atoms with van der Waals surface area (Å²) in [5, 5.41) is 25.7. The van der Waals surface area contributed by atoms with Crippen molar-refractivity contribution in [1.82, 2.24) is 0 Å². The molecule has 140 valence electrons. The first-order valence-corrected chi connectivity index (χ1v) is 7.99. The Balaban J connectivity index is 1.70. The van der Waals surface area contributed by atoms with Crippen LogP contribution in [0.3, 0.4) is 0 Å². The second kappa shape index (κ2) is 6.23. The molecule has 28 heavy (non-hydrogen) atoms. The van der Waals surface area contributed by atoms with Gasteiger partial charge in [0.2, 0.25) is 12.0 Å². The van der Waals surface area contributed by atoms with E-state index in [2.05, 4.69) is 5.16 Å². The number of hydrogen-bond acceptors (Lipinski definition) is 8. The van der Waals surface area contributed by atoms with E-state index in [0.717, 1.165) is 11.0 Å². The zero-order valence-corrected chi connectivity index (χ0v) is 13.9. The molecule has 2 heterocycles. The summed E-state index contributed by atoms with van der Waals surface area (Å²) < 4.78 is 0. The van der Waals surface area contributed by atoms with Gasteiger partial charge in [0.25, 0.3) is 17.3 Å². The molecule has 0 aliphatic carbocycles. The molecule has 0 aromatic heterocycles. The number of carbonyl (C=O) groups excluding carboxylic acids is 2. The van der Waals surface area contributed by atoms with Crippen LogP contribution in [0.25, 0.3) is 0 Å². The van der Waals surface area contributed by atoms with Crippen molar-refractivity contribution in [3.63, 3.8) is 0 Å². The minimum atomic E-state index is -1.22. The molecule has 2 amide bonds. The van der Waals surface area contributed by atoms with Crippen molar-refractivity contribution in [3.8, 4) is 0 Å². The fourth-order valence-electron chi connectivity index (χ4n) is 3.19. The third-order valence-corrected chi connectivity index (χ3v) is 4.46. The van der Waals surface area contributed by atoms with Gasteiger partial charge in [-0.1, -0.05) is 23.4 Å². The van der Waals surface area contributed by atoms with Crippen molar-refractivity contribution in [2.45, 2.75) is 6.10 Å². The molecule has 2 aromatic rings. The van der Waals surface area contributed by atoms with Crippen LogP contribution in [0, 0.1) is 26.1 Å². The van der Waals surface area contributed by atoms with E-state index in [4.69, 9.17) is 4.84 Å². The van der Waals surface area contributed by atoms with Gasteiger partial charge >= 0.3 is 0 Å². The van der Waals surface area contributed by atoms with Crippen LogP contribution >= 0.6 is 0 Å². The number of hydrogen-bond donors (Lipinski definition) is 0. The molecule has 2 aliphatic heterocycles. The fraction of sp³-hybridized carbons (Fsp3) is 0.118. The predicted molar refractivity (Wildman–Crippen MR) is 93.6 cm³/mol. The normalized spacial score (nSPS) is 20.6. The summed E-state index contributed by atoms with van der Waals surface area (Å²) in [6.45, 7) is 0. The summed E-state index contributed by atoms with van der Waals surface area (Å²) in [5.41, 5.74) is -0.0519. The number of nitro benzene ring substituents is 2. The van der Waals surface area contributed by atoms with Crippen molar-refractivity contribution in [3.05, 3.63) is 74.3 Å². The van der Waals surface area contributed by atoms with Gasteiger partial charge < -0.3 is 4.84 Å². The molecular formula is C17H10N4O7. The summed E-state index contributed by atoms with van der Waals surface area (Å²) in [5.74, 6) is -2.47. The Kier molecular flexibility index (Phi) is 3.84. The number of anilines is 1. The average molecular weight is 382 g/mol. The van der Waals surface area contributed by atoms with Crippen LogP contribution in [-0.2, 0) is 14.4 Å². The maximum atomic E-state index is 12.9. The molecule has 0 bridgehead atoms. The largest absolute Gasteiger partial charge is 0.381 e.